The fourth-order valence-electron chi connectivity index (χ4n) is 1.25. The van der Waals surface area contributed by atoms with Gasteiger partial charge in [0.25, 0.3) is 0 Å². The molecule has 1 aromatic rings. The number of nitrogens with two attached hydrogens (primary N) is 1. The van der Waals surface area contributed by atoms with Gasteiger partial charge in [0.05, 0.1) is 6.10 Å². The van der Waals surface area contributed by atoms with Crippen molar-refractivity contribution in [2.24, 2.45) is 5.73 Å². The van der Waals surface area contributed by atoms with Gasteiger partial charge in [0, 0.05) is 23.7 Å². The highest BCUT2D eigenvalue weighted by Gasteiger charge is 2.13. The fourth-order valence-corrected chi connectivity index (χ4v) is 1.54. The molecule has 0 amide bonds. The molecule has 0 saturated heterocycles. The third-order valence-electron chi connectivity index (χ3n) is 1.89. The van der Waals surface area contributed by atoms with Gasteiger partial charge in [-0.3, -0.25) is 0 Å². The third-order valence-corrected chi connectivity index (χ3v) is 2.22. The van der Waals surface area contributed by atoms with Crippen LogP contribution in [0.3, 0.4) is 0 Å². The Morgan fingerprint density at radius 3 is 2.79 bits per heavy atom. The van der Waals surface area contributed by atoms with Gasteiger partial charge in [-0.2, -0.15) is 0 Å². The first-order chi connectivity index (χ1) is 6.69. The lowest BCUT2D eigenvalue weighted by Gasteiger charge is -2.16. The molecule has 78 valence electrons. The lowest BCUT2D eigenvalue weighted by molar-refractivity contribution is 0.0689. The molecule has 0 fully saturated rings. The second-order valence-corrected chi connectivity index (χ2v) is 3.25. The maximum Gasteiger partial charge on any atom is 0.124 e. The Bertz CT molecular complexity index is 306. The Labute approximate surface area is 87.8 Å². The van der Waals surface area contributed by atoms with E-state index in [2.05, 4.69) is 0 Å². The number of ether oxygens (including phenoxy) is 1. The number of benzene rings is 1. The number of hydrogen-bond donors (Lipinski definition) is 1. The molecule has 0 saturated carbocycles. The summed E-state index contributed by atoms with van der Waals surface area (Å²) in [6.45, 7) is 2.76. The third kappa shape index (κ3) is 2.67. The van der Waals surface area contributed by atoms with E-state index in [1.165, 1.54) is 12.1 Å². The molecule has 1 atom stereocenters. The van der Waals surface area contributed by atoms with Crippen molar-refractivity contribution in [3.63, 3.8) is 0 Å². The summed E-state index contributed by atoms with van der Waals surface area (Å²) in [6, 6.07) is 4.21. The predicted molar refractivity (Wildman–Crippen MR) is 54.8 cm³/mol. The highest BCUT2D eigenvalue weighted by atomic mass is 35.5. The van der Waals surface area contributed by atoms with Crippen molar-refractivity contribution in [2.45, 2.75) is 13.0 Å². The van der Waals surface area contributed by atoms with Gasteiger partial charge < -0.3 is 10.5 Å². The summed E-state index contributed by atoms with van der Waals surface area (Å²) in [5.41, 5.74) is 6.25. The molecule has 0 aliphatic carbocycles. The zero-order valence-electron chi connectivity index (χ0n) is 7.97. The lowest BCUT2D eigenvalue weighted by Crippen LogP contribution is -2.16. The van der Waals surface area contributed by atoms with Gasteiger partial charge in [-0.05, 0) is 19.1 Å². The lowest BCUT2D eigenvalue weighted by atomic mass is 10.1. The minimum absolute atomic E-state index is 0.256. The van der Waals surface area contributed by atoms with Crippen LogP contribution in [0.2, 0.25) is 5.02 Å². The molecule has 0 spiro atoms. The normalized spacial score (nSPS) is 12.9. The van der Waals surface area contributed by atoms with Crippen LogP contribution >= 0.6 is 11.6 Å². The standard InChI is InChI=1S/C10H13ClFNO/c1-2-14-10(6-13)8-4-3-7(12)5-9(8)11/h3-5,10H,2,6,13H2,1H3. The summed E-state index contributed by atoms with van der Waals surface area (Å²) >= 11 is 5.86. The fraction of sp³-hybridized carbons (Fsp3) is 0.400. The van der Waals surface area contributed by atoms with Gasteiger partial charge >= 0.3 is 0 Å². The van der Waals surface area contributed by atoms with Crippen molar-refractivity contribution in [3.05, 3.63) is 34.6 Å². The molecule has 0 radical (unpaired) electrons. The van der Waals surface area contributed by atoms with Crippen LogP contribution in [0.1, 0.15) is 18.6 Å². The van der Waals surface area contributed by atoms with Crippen LogP contribution in [0.15, 0.2) is 18.2 Å². The largest absolute Gasteiger partial charge is 0.372 e. The smallest absolute Gasteiger partial charge is 0.124 e. The van der Waals surface area contributed by atoms with E-state index < -0.39 is 0 Å². The van der Waals surface area contributed by atoms with E-state index in [0.717, 1.165) is 5.56 Å². The van der Waals surface area contributed by atoms with Crippen LogP contribution in [0.5, 0.6) is 0 Å². The molecule has 2 N–H and O–H groups in total. The number of rotatable bonds is 4. The maximum atomic E-state index is 12.7. The Kier molecular flexibility index (Phi) is 4.32. The first-order valence-electron chi connectivity index (χ1n) is 4.45. The first kappa shape index (κ1) is 11.4. The molecular weight excluding hydrogens is 205 g/mol. The highest BCUT2D eigenvalue weighted by molar-refractivity contribution is 6.31. The van der Waals surface area contributed by atoms with Crippen LogP contribution in [0.25, 0.3) is 0 Å². The SMILES string of the molecule is CCOC(CN)c1ccc(F)cc1Cl. The van der Waals surface area contributed by atoms with Crippen molar-refractivity contribution in [3.8, 4) is 0 Å². The van der Waals surface area contributed by atoms with Crippen LogP contribution in [-0.2, 0) is 4.74 Å². The zero-order chi connectivity index (χ0) is 10.6. The zero-order valence-corrected chi connectivity index (χ0v) is 8.72. The van der Waals surface area contributed by atoms with Gasteiger partial charge in [-0.25, -0.2) is 4.39 Å². The predicted octanol–water partition coefficient (Wildman–Crippen LogP) is 2.52. The molecule has 0 heterocycles. The first-order valence-corrected chi connectivity index (χ1v) is 4.83. The number of hydrogen-bond acceptors (Lipinski definition) is 2. The Balaban J connectivity index is 2.92. The average molecular weight is 218 g/mol. The van der Waals surface area contributed by atoms with E-state index in [0.29, 0.717) is 18.2 Å². The van der Waals surface area contributed by atoms with Crippen LogP contribution < -0.4 is 5.73 Å². The molecule has 14 heavy (non-hydrogen) atoms. The summed E-state index contributed by atoms with van der Waals surface area (Å²) in [4.78, 5) is 0. The second-order valence-electron chi connectivity index (χ2n) is 2.85. The van der Waals surface area contributed by atoms with Crippen molar-refractivity contribution >= 4 is 11.6 Å². The van der Waals surface area contributed by atoms with Crippen molar-refractivity contribution in [2.75, 3.05) is 13.2 Å². The Hall–Kier alpha value is -0.640. The van der Waals surface area contributed by atoms with Gasteiger partial charge in [0.1, 0.15) is 5.82 Å². The Morgan fingerprint density at radius 2 is 2.29 bits per heavy atom. The summed E-state index contributed by atoms with van der Waals surface area (Å²) in [7, 11) is 0. The molecule has 0 bridgehead atoms. The topological polar surface area (TPSA) is 35.2 Å². The summed E-state index contributed by atoms with van der Waals surface area (Å²) in [5, 5.41) is 0.355. The van der Waals surface area contributed by atoms with E-state index in [9.17, 15) is 4.39 Å². The van der Waals surface area contributed by atoms with Gasteiger partial charge in [0.2, 0.25) is 0 Å². The summed E-state index contributed by atoms with van der Waals surface area (Å²) in [5.74, 6) is -0.356. The summed E-state index contributed by atoms with van der Waals surface area (Å²) < 4.78 is 18.1. The molecule has 1 rings (SSSR count). The van der Waals surface area contributed by atoms with E-state index in [4.69, 9.17) is 22.1 Å². The van der Waals surface area contributed by atoms with E-state index in [1.807, 2.05) is 6.92 Å². The van der Waals surface area contributed by atoms with Crippen molar-refractivity contribution in [1.82, 2.24) is 0 Å². The molecule has 1 aromatic carbocycles. The monoisotopic (exact) mass is 217 g/mol. The average Bonchev–Trinajstić information content (AvgIpc) is 2.15. The number of halogens is 2. The second kappa shape index (κ2) is 5.29. The van der Waals surface area contributed by atoms with Crippen LogP contribution in [-0.4, -0.2) is 13.2 Å². The van der Waals surface area contributed by atoms with Crippen LogP contribution in [0, 0.1) is 5.82 Å². The van der Waals surface area contributed by atoms with Crippen LogP contribution in [0.4, 0.5) is 4.39 Å². The molecule has 0 aliphatic rings. The molecule has 1 unspecified atom stereocenters. The van der Waals surface area contributed by atoms with Gasteiger partial charge in [-0.1, -0.05) is 17.7 Å². The minimum Gasteiger partial charge on any atom is -0.372 e. The molecule has 0 aliphatic heterocycles. The molecule has 0 aromatic heterocycles. The maximum absolute atomic E-state index is 12.7. The quantitative estimate of drug-likeness (QED) is 0.841. The van der Waals surface area contributed by atoms with Gasteiger partial charge in [-0.15, -0.1) is 0 Å². The summed E-state index contributed by atoms with van der Waals surface area (Å²) in [6.07, 6.45) is -0.256. The molecular formula is C10H13ClFNO. The highest BCUT2D eigenvalue weighted by Crippen LogP contribution is 2.25. The Morgan fingerprint density at radius 1 is 1.57 bits per heavy atom. The van der Waals surface area contributed by atoms with Crippen molar-refractivity contribution in [1.29, 1.82) is 0 Å². The molecule has 4 heteroatoms. The molecule has 2 nitrogen and oxygen atoms in total. The van der Waals surface area contributed by atoms with E-state index >= 15 is 0 Å². The van der Waals surface area contributed by atoms with E-state index in [1.54, 1.807) is 6.07 Å². The van der Waals surface area contributed by atoms with Crippen molar-refractivity contribution < 1.29 is 9.13 Å². The van der Waals surface area contributed by atoms with Gasteiger partial charge in [0.15, 0.2) is 0 Å². The minimum atomic E-state index is -0.356. The van der Waals surface area contributed by atoms with E-state index in [-0.39, 0.29) is 11.9 Å².